The predicted molar refractivity (Wildman–Crippen MR) is 81.8 cm³/mol. The molecule has 0 amide bonds. The van der Waals surface area contributed by atoms with Gasteiger partial charge in [0.2, 0.25) is 0 Å². The summed E-state index contributed by atoms with van der Waals surface area (Å²) in [5.74, 6) is 5.28. The minimum Gasteiger partial charge on any atom is -0.398 e. The number of benzene rings is 1. The first-order valence-electron chi connectivity index (χ1n) is 6.29. The molecular formula is C13H17BrFN5O. The van der Waals surface area contributed by atoms with E-state index in [0.717, 1.165) is 10.2 Å². The van der Waals surface area contributed by atoms with Crippen molar-refractivity contribution in [1.29, 1.82) is 0 Å². The maximum Gasteiger partial charge on any atom is 0.123 e. The van der Waals surface area contributed by atoms with Crippen molar-refractivity contribution in [2.45, 2.75) is 12.6 Å². The van der Waals surface area contributed by atoms with Gasteiger partial charge < -0.3 is 10.5 Å². The number of hydrogen-bond acceptors (Lipinski definition) is 5. The largest absolute Gasteiger partial charge is 0.398 e. The van der Waals surface area contributed by atoms with Gasteiger partial charge in [0.25, 0.3) is 0 Å². The van der Waals surface area contributed by atoms with E-state index in [2.05, 4.69) is 26.5 Å². The van der Waals surface area contributed by atoms with Gasteiger partial charge in [-0.2, -0.15) is 5.10 Å². The van der Waals surface area contributed by atoms with Crippen LogP contribution in [-0.2, 0) is 11.3 Å². The van der Waals surface area contributed by atoms with E-state index in [4.69, 9.17) is 16.3 Å². The lowest BCUT2D eigenvalue weighted by Gasteiger charge is -2.20. The summed E-state index contributed by atoms with van der Waals surface area (Å²) in [6.07, 6.45) is 1.66. The van der Waals surface area contributed by atoms with E-state index >= 15 is 0 Å². The fraction of sp³-hybridized carbons (Fsp3) is 0.308. The number of hydrazine groups is 1. The Labute approximate surface area is 130 Å². The number of halogens is 2. The number of nitrogen functional groups attached to an aromatic ring is 1. The van der Waals surface area contributed by atoms with Crippen molar-refractivity contribution in [2.75, 3.05) is 19.5 Å². The van der Waals surface area contributed by atoms with Gasteiger partial charge in [-0.05, 0) is 34.1 Å². The molecule has 0 aliphatic carbocycles. The molecule has 0 fully saturated rings. The number of methoxy groups -OCH3 is 1. The molecule has 21 heavy (non-hydrogen) atoms. The first-order chi connectivity index (χ1) is 10.1. The van der Waals surface area contributed by atoms with Gasteiger partial charge in [-0.25, -0.2) is 9.82 Å². The Kier molecular flexibility index (Phi) is 5.29. The molecule has 0 saturated heterocycles. The van der Waals surface area contributed by atoms with E-state index in [9.17, 15) is 4.39 Å². The number of nitrogens with one attached hydrogen (secondary N) is 1. The van der Waals surface area contributed by atoms with Crippen LogP contribution < -0.4 is 17.0 Å². The summed E-state index contributed by atoms with van der Waals surface area (Å²) in [7, 11) is 1.61. The minimum absolute atomic E-state index is 0.376. The van der Waals surface area contributed by atoms with Crippen LogP contribution in [0.3, 0.4) is 0 Å². The molecule has 2 rings (SSSR count). The van der Waals surface area contributed by atoms with Crippen molar-refractivity contribution >= 4 is 21.6 Å². The fourth-order valence-corrected chi connectivity index (χ4v) is 2.65. The maximum absolute atomic E-state index is 13.5. The smallest absolute Gasteiger partial charge is 0.123 e. The second-order valence-electron chi connectivity index (χ2n) is 4.47. The lowest BCUT2D eigenvalue weighted by atomic mass is 10.0. The van der Waals surface area contributed by atoms with Crippen molar-refractivity contribution in [2.24, 2.45) is 5.84 Å². The van der Waals surface area contributed by atoms with Crippen LogP contribution in [0.1, 0.15) is 17.3 Å². The highest BCUT2D eigenvalue weighted by Crippen LogP contribution is 2.31. The van der Waals surface area contributed by atoms with Gasteiger partial charge in [0.15, 0.2) is 0 Å². The zero-order valence-corrected chi connectivity index (χ0v) is 13.1. The molecule has 0 spiro atoms. The molecule has 0 bridgehead atoms. The average molecular weight is 358 g/mol. The summed E-state index contributed by atoms with van der Waals surface area (Å²) >= 11 is 3.44. The molecule has 0 saturated carbocycles. The van der Waals surface area contributed by atoms with Crippen molar-refractivity contribution in [3.05, 3.63) is 45.9 Å². The van der Waals surface area contributed by atoms with Gasteiger partial charge in [0.1, 0.15) is 5.82 Å². The first kappa shape index (κ1) is 15.9. The van der Waals surface area contributed by atoms with Crippen molar-refractivity contribution in [3.63, 3.8) is 0 Å². The monoisotopic (exact) mass is 357 g/mol. The summed E-state index contributed by atoms with van der Waals surface area (Å²) in [6, 6.07) is 3.69. The number of aromatic nitrogens is 2. The van der Waals surface area contributed by atoms with Gasteiger partial charge in [-0.1, -0.05) is 0 Å². The van der Waals surface area contributed by atoms with E-state index in [1.54, 1.807) is 18.0 Å². The second kappa shape index (κ2) is 6.99. The van der Waals surface area contributed by atoms with Crippen LogP contribution in [0.4, 0.5) is 10.1 Å². The van der Waals surface area contributed by atoms with Crippen molar-refractivity contribution in [3.8, 4) is 0 Å². The molecule has 1 aromatic heterocycles. The van der Waals surface area contributed by atoms with Gasteiger partial charge in [0.05, 0.1) is 35.6 Å². The van der Waals surface area contributed by atoms with Crippen LogP contribution in [0.2, 0.25) is 0 Å². The van der Waals surface area contributed by atoms with Crippen LogP contribution in [0.5, 0.6) is 0 Å². The summed E-state index contributed by atoms with van der Waals surface area (Å²) in [5.41, 5.74) is 10.4. The number of hydrogen-bond donors (Lipinski definition) is 3. The van der Waals surface area contributed by atoms with E-state index in [0.29, 0.717) is 24.4 Å². The lowest BCUT2D eigenvalue weighted by molar-refractivity contribution is 0.182. The SMILES string of the molecule is COCCn1ncc(Br)c1C(NN)c1cc(F)ccc1N. The molecule has 0 aliphatic heterocycles. The highest BCUT2D eigenvalue weighted by Gasteiger charge is 2.23. The Balaban J connectivity index is 2.46. The fourth-order valence-electron chi connectivity index (χ4n) is 2.13. The molecule has 2 aromatic rings. The summed E-state index contributed by atoms with van der Waals surface area (Å²) in [6.45, 7) is 1.04. The molecule has 0 radical (unpaired) electrons. The van der Waals surface area contributed by atoms with Gasteiger partial charge in [-0.3, -0.25) is 10.5 Å². The zero-order valence-electron chi connectivity index (χ0n) is 11.5. The third-order valence-electron chi connectivity index (χ3n) is 3.14. The van der Waals surface area contributed by atoms with Crippen LogP contribution in [0, 0.1) is 5.82 Å². The van der Waals surface area contributed by atoms with Crippen LogP contribution in [-0.4, -0.2) is 23.5 Å². The molecule has 5 N–H and O–H groups in total. The van der Waals surface area contributed by atoms with Crippen LogP contribution in [0.25, 0.3) is 0 Å². The van der Waals surface area contributed by atoms with E-state index in [1.807, 2.05) is 0 Å². The quantitative estimate of drug-likeness (QED) is 0.414. The first-order valence-corrected chi connectivity index (χ1v) is 7.09. The molecule has 1 atom stereocenters. The highest BCUT2D eigenvalue weighted by atomic mass is 79.9. The molecule has 1 aromatic carbocycles. The highest BCUT2D eigenvalue weighted by molar-refractivity contribution is 9.10. The third-order valence-corrected chi connectivity index (χ3v) is 3.75. The van der Waals surface area contributed by atoms with Crippen molar-refractivity contribution < 1.29 is 9.13 Å². The van der Waals surface area contributed by atoms with E-state index in [-0.39, 0.29) is 5.82 Å². The molecule has 0 aliphatic rings. The Bertz CT molecular complexity index is 619. The molecule has 1 heterocycles. The molecule has 8 heteroatoms. The number of rotatable bonds is 6. The second-order valence-corrected chi connectivity index (χ2v) is 5.32. The topological polar surface area (TPSA) is 91.1 Å². The maximum atomic E-state index is 13.5. The molecule has 1 unspecified atom stereocenters. The summed E-state index contributed by atoms with van der Waals surface area (Å²) in [5, 5.41) is 4.26. The summed E-state index contributed by atoms with van der Waals surface area (Å²) in [4.78, 5) is 0. The predicted octanol–water partition coefficient (Wildman–Crippen LogP) is 1.57. The van der Waals surface area contributed by atoms with E-state index in [1.165, 1.54) is 18.2 Å². The Hall–Kier alpha value is -1.48. The van der Waals surface area contributed by atoms with Gasteiger partial charge in [0, 0.05) is 18.4 Å². The zero-order chi connectivity index (χ0) is 15.4. The number of nitrogens with zero attached hydrogens (tertiary/aromatic N) is 2. The van der Waals surface area contributed by atoms with E-state index < -0.39 is 6.04 Å². The molecule has 114 valence electrons. The standard InChI is InChI=1S/C13H17BrFN5O/c1-21-5-4-20-13(10(14)7-18-20)12(19-17)9-6-8(15)2-3-11(9)16/h2-3,6-7,12,19H,4-5,16-17H2,1H3. The number of ether oxygens (including phenoxy) is 1. The van der Waals surface area contributed by atoms with Crippen LogP contribution in [0.15, 0.2) is 28.9 Å². The molecular weight excluding hydrogens is 341 g/mol. The Morgan fingerprint density at radius 2 is 2.29 bits per heavy atom. The Morgan fingerprint density at radius 1 is 1.52 bits per heavy atom. The molecule has 6 nitrogen and oxygen atoms in total. The average Bonchev–Trinajstić information content (AvgIpc) is 2.83. The minimum atomic E-state index is -0.491. The normalized spacial score (nSPS) is 12.6. The number of nitrogens with two attached hydrogens (primary N) is 2. The number of anilines is 1. The third kappa shape index (κ3) is 3.41. The van der Waals surface area contributed by atoms with Gasteiger partial charge in [-0.15, -0.1) is 0 Å². The van der Waals surface area contributed by atoms with Gasteiger partial charge >= 0.3 is 0 Å². The van der Waals surface area contributed by atoms with Crippen LogP contribution >= 0.6 is 15.9 Å². The summed E-state index contributed by atoms with van der Waals surface area (Å²) < 4.78 is 21.1. The lowest BCUT2D eigenvalue weighted by Crippen LogP contribution is -2.32. The van der Waals surface area contributed by atoms with Crippen molar-refractivity contribution in [1.82, 2.24) is 15.2 Å². The Morgan fingerprint density at radius 3 is 2.95 bits per heavy atom.